The number of aromatic nitrogens is 12. The molecule has 0 saturated carbocycles. The van der Waals surface area contributed by atoms with Gasteiger partial charge in [0, 0.05) is 214 Å². The van der Waals surface area contributed by atoms with Crippen molar-refractivity contribution in [2.45, 2.75) is 96.9 Å². The molecule has 16 aromatic heterocycles. The second-order valence-electron chi connectivity index (χ2n) is 34.2. The van der Waals surface area contributed by atoms with Crippen molar-refractivity contribution in [2.24, 2.45) is 0 Å². The van der Waals surface area contributed by atoms with Crippen LogP contribution in [0.5, 0.6) is 0 Å². The summed E-state index contributed by atoms with van der Waals surface area (Å²) in [6.45, 7) is 23.3. The van der Waals surface area contributed by atoms with Crippen molar-refractivity contribution in [1.82, 2.24) is 59.8 Å². The number of pyridine rings is 4. The summed E-state index contributed by atoms with van der Waals surface area (Å²) < 4.78 is 39.1. The zero-order valence-corrected chi connectivity index (χ0v) is 94.2. The molecule has 0 unspecified atom stereocenters. The van der Waals surface area contributed by atoms with E-state index in [1.165, 1.54) is 90.8 Å². The van der Waals surface area contributed by atoms with Crippen molar-refractivity contribution in [2.75, 3.05) is 0 Å². The van der Waals surface area contributed by atoms with Gasteiger partial charge >= 0.3 is 0 Å². The Kier molecular flexibility index (Phi) is 37.1. The third-order valence-corrected chi connectivity index (χ3v) is 24.6. The van der Waals surface area contributed by atoms with E-state index in [9.17, 15) is 19.2 Å². The first-order valence-corrected chi connectivity index (χ1v) is 47.6. The van der Waals surface area contributed by atoms with E-state index in [2.05, 4.69) is 145 Å². The molecule has 24 aromatic rings. The van der Waals surface area contributed by atoms with Crippen molar-refractivity contribution in [1.29, 1.82) is 0 Å². The molecule has 0 fully saturated rings. The molecule has 0 spiro atoms. The van der Waals surface area contributed by atoms with E-state index in [1.807, 2.05) is 211 Å². The number of aliphatic hydroxyl groups excluding tert-OH is 4. The normalized spacial score (nSPS) is 11.3. The Hall–Kier alpha value is -15.7. The van der Waals surface area contributed by atoms with Crippen LogP contribution < -0.4 is 0 Å². The van der Waals surface area contributed by atoms with Crippen LogP contribution in [0.1, 0.15) is 89.3 Å². The van der Waals surface area contributed by atoms with Gasteiger partial charge in [0.15, 0.2) is 23.1 Å². The number of furan rings is 6. The Bertz CT molecular complexity index is 8640. The Labute approximate surface area is 921 Å². The number of ketones is 4. The SMILES string of the molecule is CC(=O)C=C(C)O.CC(=O)C=C(C)O.CC(=O)C=C(C)O.CC(=O)C=C(C)O.Cc1[c-]c(-c2ncnc3cc(-c4ccccc4)oc23)c2oc3nc(C)ccc3c2c1.Cc1[c-]c(-c2ncnc3cc(-c4ccccc4)sc23)c2oc3nc(C)ccc3c2c1.Cc1ccc2c(n1)oc1c(-c3ncnc4cc(-c5ccccc5)oc34)[c-]ccc12.Cc1ccc2c(n1)oc1c(-c3ncnc4cc(-c5ccccc5)sc34)[c-]ccc12.[Ir].[Ir].[Ir].[Ir]. The van der Waals surface area contributed by atoms with Crippen molar-refractivity contribution >= 4 is 177 Å². The number of aliphatic hydroxyl groups is 4. The molecule has 4 radical (unpaired) electrons. The Morgan fingerprint density at radius 1 is 0.280 bits per heavy atom. The number of fused-ring (bicyclic) bond motifs is 16. The van der Waals surface area contributed by atoms with Gasteiger partial charge in [-0.2, -0.15) is 0 Å². The van der Waals surface area contributed by atoms with Gasteiger partial charge in [-0.3, -0.25) is 39.1 Å². The van der Waals surface area contributed by atoms with Gasteiger partial charge in [0.2, 0.25) is 22.9 Å². The predicted molar refractivity (Wildman–Crippen MR) is 574 cm³/mol. The van der Waals surface area contributed by atoms with E-state index >= 15 is 0 Å². The maximum absolute atomic E-state index is 10.0. The number of carbonyl (C=O) groups excluding carboxylic acids is 4. The minimum absolute atomic E-state index is 0. The fraction of sp³-hybridized carbons (Fsp3) is 0.119. The first-order chi connectivity index (χ1) is 70.4. The minimum Gasteiger partial charge on any atom is -0.512 e. The van der Waals surface area contributed by atoms with Gasteiger partial charge in [-0.1, -0.05) is 179 Å². The molecule has 16 heterocycles. The number of thiophene rings is 2. The fourth-order valence-electron chi connectivity index (χ4n) is 16.3. The van der Waals surface area contributed by atoms with Crippen molar-refractivity contribution < 1.29 is 147 Å². The molecule has 0 aliphatic rings. The molecule has 0 aliphatic carbocycles. The van der Waals surface area contributed by atoms with Crippen LogP contribution in [0.25, 0.3) is 219 Å². The molecule has 32 heteroatoms. The number of hydrogen-bond acceptors (Lipinski definition) is 28. The van der Waals surface area contributed by atoms with Gasteiger partial charge in [0.1, 0.15) is 59.0 Å². The smallest absolute Gasteiger partial charge is 0.216 e. The molecule has 0 atom stereocenters. The Morgan fingerprint density at radius 2 is 0.553 bits per heavy atom. The number of hydrogen-bond donors (Lipinski definition) is 4. The summed E-state index contributed by atoms with van der Waals surface area (Å²) in [4.78, 5) is 96.7. The summed E-state index contributed by atoms with van der Waals surface area (Å²) >= 11 is 3.38. The zero-order chi connectivity index (χ0) is 103. The van der Waals surface area contributed by atoms with E-state index < -0.39 is 0 Å². The number of carbonyl (C=O) groups is 4. The van der Waals surface area contributed by atoms with Crippen molar-refractivity contribution in [3.05, 3.63) is 361 Å². The van der Waals surface area contributed by atoms with Crippen LogP contribution in [0.2, 0.25) is 0 Å². The molecular weight excluding hydrogens is 2640 g/mol. The minimum atomic E-state index is -0.125. The standard InChI is InChI=1S/C25H16N3O2.C25H16N3OS.C24H14N3O2.C24H14N3OS.4C5H8O2.4Ir/c1-14-10-18-17-9-8-15(2)28-25(17)30-23(18)19(11-14)22-24-20(26-13-27-22)12-21(29-24)16-6-4-3-5-7-16;1-14-10-18-17-9-8-15(2)28-25(17)29-23(18)19(11-14)22-24-20(26-13-27-22)12-21(30-24)16-6-4-3-5-7-16;1-14-10-11-17-16-8-5-9-18(22(16)29-24(17)27-14)21-23-19(25-13-26-21)12-20(28-23)15-6-3-2-4-7-15;1-14-10-11-17-16-8-5-9-18(22(16)28-24(17)27-14)21-23-19(25-13-26-21)12-20(29-23)15-6-3-2-4-7-15;4*1-4(6)3-5(2)7;;;;/h2*3-10,12-13H,1-2H3;2*2-8,10-13H,1H3;4*3,6H,1-2H3;;;;/q4*-1;;;;;;;;. The summed E-state index contributed by atoms with van der Waals surface area (Å²) in [6, 6.07) is 90.4. The maximum atomic E-state index is 10.0. The summed E-state index contributed by atoms with van der Waals surface area (Å²) in [5, 5.41) is 41.4. The number of allylic oxidation sites excluding steroid dienone is 8. The first-order valence-electron chi connectivity index (χ1n) is 46.0. The number of nitrogens with zero attached hydrogens (tertiary/aromatic N) is 12. The summed E-state index contributed by atoms with van der Waals surface area (Å²) in [7, 11) is 0. The molecule has 4 N–H and O–H groups in total. The molecule has 0 bridgehead atoms. The van der Waals surface area contributed by atoms with E-state index in [1.54, 1.807) is 48.0 Å². The molecule has 8 aromatic carbocycles. The number of aryl methyl sites for hydroxylation is 6. The molecule has 24 rings (SSSR count). The zero-order valence-electron chi connectivity index (χ0n) is 82.9. The van der Waals surface area contributed by atoms with Gasteiger partial charge in [-0.15, -0.1) is 94.5 Å². The first kappa shape index (κ1) is 112. The average Bonchev–Trinajstić information content (AvgIpc) is 1.61. The molecule has 26 nitrogen and oxygen atoms in total. The summed E-state index contributed by atoms with van der Waals surface area (Å²) in [6.07, 6.45) is 11.0. The van der Waals surface area contributed by atoms with Crippen molar-refractivity contribution in [3.63, 3.8) is 0 Å². The summed E-state index contributed by atoms with van der Waals surface area (Å²) in [5.74, 6) is 1.24. The van der Waals surface area contributed by atoms with Gasteiger partial charge in [-0.05, 0) is 155 Å². The van der Waals surface area contributed by atoms with E-state index in [0.717, 1.165) is 186 Å². The van der Waals surface area contributed by atoms with E-state index in [-0.39, 0.29) is 127 Å². The molecule has 0 saturated heterocycles. The quantitative estimate of drug-likeness (QED) is 0.0501. The predicted octanol–water partition coefficient (Wildman–Crippen LogP) is 29.5. The van der Waals surface area contributed by atoms with Crippen LogP contribution in [0.3, 0.4) is 0 Å². The second-order valence-corrected chi connectivity index (χ2v) is 36.3. The Balaban J connectivity index is 0.000000152. The molecule has 150 heavy (non-hydrogen) atoms. The third-order valence-electron chi connectivity index (χ3n) is 22.2. The fourth-order valence-corrected chi connectivity index (χ4v) is 18.5. The summed E-state index contributed by atoms with van der Waals surface area (Å²) in [5.41, 5.74) is 26.2. The van der Waals surface area contributed by atoms with Gasteiger partial charge < -0.3 is 46.9 Å². The van der Waals surface area contributed by atoms with Crippen LogP contribution >= 0.6 is 22.7 Å². The molecule has 760 valence electrons. The number of rotatable bonds is 12. The second kappa shape index (κ2) is 49.9. The average molecular weight is 2740 g/mol. The van der Waals surface area contributed by atoms with Crippen molar-refractivity contribution in [3.8, 4) is 88.6 Å². The molecule has 0 amide bonds. The molecule has 0 aliphatic heterocycles. The van der Waals surface area contributed by atoms with Crippen LogP contribution in [0.4, 0.5) is 0 Å². The monoisotopic (exact) mass is 2740 g/mol. The Morgan fingerprint density at radius 3 is 0.867 bits per heavy atom. The topological polar surface area (TPSA) is 383 Å². The van der Waals surface area contributed by atoms with Crippen LogP contribution in [-0.2, 0) is 99.6 Å². The van der Waals surface area contributed by atoms with Gasteiger partial charge in [-0.25, -0.2) is 39.9 Å². The van der Waals surface area contributed by atoms with Gasteiger partial charge in [0.25, 0.3) is 0 Å². The van der Waals surface area contributed by atoms with E-state index in [0.29, 0.717) is 56.6 Å². The maximum Gasteiger partial charge on any atom is 0.216 e. The van der Waals surface area contributed by atoms with E-state index in [4.69, 9.17) is 46.9 Å². The number of benzene rings is 8. The third kappa shape index (κ3) is 26.0. The molecular formula is C118H92Ir4N12O14S2-4. The largest absolute Gasteiger partial charge is 0.512 e. The van der Waals surface area contributed by atoms with Crippen LogP contribution in [0, 0.1) is 65.8 Å². The van der Waals surface area contributed by atoms with Crippen LogP contribution in [-0.4, -0.2) is 103 Å². The van der Waals surface area contributed by atoms with Crippen LogP contribution in [0.15, 0.2) is 330 Å². The van der Waals surface area contributed by atoms with Gasteiger partial charge in [0.05, 0.1) is 56.4 Å².